The van der Waals surface area contributed by atoms with E-state index in [0.717, 1.165) is 0 Å². The fraction of sp³-hybridized carbons (Fsp3) is 0.833. The molecule has 0 rings (SSSR count). The standard InChI is InChI=1S/C6H15NO5Si/c7-3(6(12)13)5(11)4(10)2(9)1-8/h2-5,8-11H,1,7H2,13H3/t2-,3-,4-,5-/m1/s1. The second-order valence-corrected chi connectivity index (χ2v) is 3.85. The van der Waals surface area contributed by atoms with Crippen molar-refractivity contribution in [2.45, 2.75) is 24.4 Å². The van der Waals surface area contributed by atoms with Crippen LogP contribution in [-0.2, 0) is 4.79 Å². The topological polar surface area (TPSA) is 124 Å². The highest BCUT2D eigenvalue weighted by molar-refractivity contribution is 6.59. The molecule has 0 bridgehead atoms. The van der Waals surface area contributed by atoms with E-state index in [1.54, 1.807) is 0 Å². The lowest BCUT2D eigenvalue weighted by atomic mass is 10.0. The molecule has 0 aliphatic rings. The quantitative estimate of drug-likeness (QED) is 0.290. The SMILES string of the molecule is N[C@@H](C(=O)[SiH3])[C@@H](O)[C@H](O)[C@H](O)CO. The van der Waals surface area contributed by atoms with Gasteiger partial charge in [-0.3, -0.25) is 0 Å². The highest BCUT2D eigenvalue weighted by atomic mass is 28.1. The largest absolute Gasteiger partial charge is 0.394 e. The normalized spacial score (nSPS) is 20.7. The minimum absolute atomic E-state index is 0.165. The zero-order chi connectivity index (χ0) is 10.6. The number of hydrogen-bond acceptors (Lipinski definition) is 6. The molecule has 0 spiro atoms. The molecule has 0 amide bonds. The van der Waals surface area contributed by atoms with Gasteiger partial charge in [0.25, 0.3) is 0 Å². The van der Waals surface area contributed by atoms with Crippen molar-refractivity contribution in [2.75, 3.05) is 6.61 Å². The van der Waals surface area contributed by atoms with Crippen LogP contribution in [0.25, 0.3) is 0 Å². The van der Waals surface area contributed by atoms with E-state index in [1.807, 2.05) is 0 Å². The fourth-order valence-corrected chi connectivity index (χ4v) is 1.13. The Morgan fingerprint density at radius 3 is 2.08 bits per heavy atom. The Morgan fingerprint density at radius 1 is 1.31 bits per heavy atom. The van der Waals surface area contributed by atoms with Gasteiger partial charge >= 0.3 is 0 Å². The second-order valence-electron chi connectivity index (χ2n) is 2.87. The van der Waals surface area contributed by atoms with Gasteiger partial charge in [-0.25, -0.2) is 0 Å². The summed E-state index contributed by atoms with van der Waals surface area (Å²) in [5.74, 6) is 0. The molecule has 0 saturated carbocycles. The monoisotopic (exact) mass is 209 g/mol. The van der Waals surface area contributed by atoms with Crippen molar-refractivity contribution in [3.05, 3.63) is 0 Å². The number of hydrogen-bond donors (Lipinski definition) is 5. The third-order valence-corrected chi connectivity index (χ3v) is 2.44. The summed E-state index contributed by atoms with van der Waals surface area (Å²) in [7, 11) is 0.165. The molecular formula is C6H15NO5Si. The van der Waals surface area contributed by atoms with Gasteiger partial charge in [0.1, 0.15) is 23.7 Å². The third kappa shape index (κ3) is 3.51. The summed E-state index contributed by atoms with van der Waals surface area (Å²) < 4.78 is 0. The first kappa shape index (κ1) is 12.7. The van der Waals surface area contributed by atoms with Gasteiger partial charge in [0, 0.05) is 0 Å². The van der Waals surface area contributed by atoms with Crippen LogP contribution in [0.3, 0.4) is 0 Å². The number of nitrogens with two attached hydrogens (primary N) is 1. The Balaban J connectivity index is 4.24. The van der Waals surface area contributed by atoms with Gasteiger partial charge in [-0.2, -0.15) is 0 Å². The number of aliphatic hydroxyl groups is 4. The van der Waals surface area contributed by atoms with Gasteiger partial charge in [0.2, 0.25) is 0 Å². The molecular weight excluding hydrogens is 194 g/mol. The van der Waals surface area contributed by atoms with Gasteiger partial charge in [-0.05, 0) is 0 Å². The third-order valence-electron chi connectivity index (χ3n) is 1.77. The Hall–Kier alpha value is -0.313. The van der Waals surface area contributed by atoms with E-state index in [0.29, 0.717) is 0 Å². The first-order chi connectivity index (χ1) is 5.91. The summed E-state index contributed by atoms with van der Waals surface area (Å²) in [6.07, 6.45) is -4.62. The summed E-state index contributed by atoms with van der Waals surface area (Å²) >= 11 is 0. The van der Waals surface area contributed by atoms with Crippen molar-refractivity contribution < 1.29 is 25.2 Å². The Bertz CT molecular complexity index is 178. The summed E-state index contributed by atoms with van der Waals surface area (Å²) in [6, 6.07) is -1.19. The molecule has 0 unspecified atom stereocenters. The highest BCUT2D eigenvalue weighted by Crippen LogP contribution is 2.03. The second kappa shape index (κ2) is 5.42. The lowest BCUT2D eigenvalue weighted by molar-refractivity contribution is -0.122. The van der Waals surface area contributed by atoms with Gasteiger partial charge in [-0.1, -0.05) is 0 Å². The Morgan fingerprint density at radius 2 is 1.77 bits per heavy atom. The van der Waals surface area contributed by atoms with Crippen LogP contribution in [0, 0.1) is 0 Å². The van der Waals surface area contributed by atoms with Crippen LogP contribution in [0.15, 0.2) is 0 Å². The molecule has 0 saturated heterocycles. The van der Waals surface area contributed by atoms with Gasteiger partial charge in [-0.15, -0.1) is 0 Å². The van der Waals surface area contributed by atoms with Crippen molar-refractivity contribution in [1.82, 2.24) is 0 Å². The van der Waals surface area contributed by atoms with Crippen molar-refractivity contribution in [3.8, 4) is 0 Å². The van der Waals surface area contributed by atoms with Crippen molar-refractivity contribution in [1.29, 1.82) is 0 Å². The van der Waals surface area contributed by atoms with E-state index in [4.69, 9.17) is 21.1 Å². The molecule has 0 aliphatic carbocycles. The van der Waals surface area contributed by atoms with E-state index in [9.17, 15) is 9.90 Å². The van der Waals surface area contributed by atoms with Crippen molar-refractivity contribution in [2.24, 2.45) is 5.73 Å². The summed E-state index contributed by atoms with van der Waals surface area (Å²) in [5.41, 5.74) is 5.24. The molecule has 7 heteroatoms. The van der Waals surface area contributed by atoms with Crippen molar-refractivity contribution >= 4 is 15.6 Å². The minimum atomic E-state index is -1.60. The molecule has 0 radical (unpaired) electrons. The molecule has 6 nitrogen and oxygen atoms in total. The number of rotatable bonds is 5. The molecule has 0 aromatic heterocycles. The predicted octanol–water partition coefficient (Wildman–Crippen LogP) is -4.72. The molecule has 0 fully saturated rings. The van der Waals surface area contributed by atoms with Crippen LogP contribution < -0.4 is 5.73 Å². The molecule has 0 aliphatic heterocycles. The molecule has 13 heavy (non-hydrogen) atoms. The molecule has 6 N–H and O–H groups in total. The smallest absolute Gasteiger partial charge is 0.119 e. The lowest BCUT2D eigenvalue weighted by Crippen LogP contribution is -2.52. The van der Waals surface area contributed by atoms with E-state index >= 15 is 0 Å². The maximum Gasteiger partial charge on any atom is 0.119 e. The molecule has 0 aromatic rings. The maximum atomic E-state index is 10.7. The van der Waals surface area contributed by atoms with Crippen LogP contribution in [0.1, 0.15) is 0 Å². The number of carbonyl (C=O) groups is 1. The average molecular weight is 209 g/mol. The summed E-state index contributed by atoms with van der Waals surface area (Å²) in [5, 5.41) is 35.3. The van der Waals surface area contributed by atoms with Gasteiger partial charge < -0.3 is 31.0 Å². The first-order valence-corrected chi connectivity index (χ1v) is 4.83. The van der Waals surface area contributed by atoms with E-state index in [1.165, 1.54) is 0 Å². The number of aliphatic hydroxyl groups excluding tert-OH is 4. The average Bonchev–Trinajstić information content (AvgIpc) is 2.12. The molecule has 4 atom stereocenters. The van der Waals surface area contributed by atoms with Gasteiger partial charge in [0.05, 0.1) is 22.9 Å². The Labute approximate surface area is 78.4 Å². The molecule has 78 valence electrons. The lowest BCUT2D eigenvalue weighted by Gasteiger charge is -2.24. The van der Waals surface area contributed by atoms with Crippen molar-refractivity contribution in [3.63, 3.8) is 0 Å². The molecule has 0 aromatic carbocycles. The zero-order valence-corrected chi connectivity index (χ0v) is 9.29. The van der Waals surface area contributed by atoms with Gasteiger partial charge in [0.15, 0.2) is 0 Å². The van der Waals surface area contributed by atoms with E-state index < -0.39 is 31.0 Å². The van der Waals surface area contributed by atoms with Crippen LogP contribution in [-0.4, -0.2) is 67.0 Å². The molecule has 0 heterocycles. The maximum absolute atomic E-state index is 10.7. The van der Waals surface area contributed by atoms with E-state index in [-0.39, 0.29) is 15.6 Å². The zero-order valence-electron chi connectivity index (χ0n) is 7.29. The summed E-state index contributed by atoms with van der Waals surface area (Å²) in [6.45, 7) is -0.694. The Kier molecular flexibility index (Phi) is 5.29. The summed E-state index contributed by atoms with van der Waals surface area (Å²) in [4.78, 5) is 10.7. The van der Waals surface area contributed by atoms with Crippen LogP contribution in [0.2, 0.25) is 0 Å². The van der Waals surface area contributed by atoms with Crippen LogP contribution in [0.4, 0.5) is 0 Å². The number of carbonyl (C=O) groups excluding carboxylic acids is 1. The van der Waals surface area contributed by atoms with E-state index in [2.05, 4.69) is 0 Å². The fourth-order valence-electron chi connectivity index (χ4n) is 0.789. The van der Waals surface area contributed by atoms with Crippen LogP contribution >= 0.6 is 0 Å². The predicted molar refractivity (Wildman–Crippen MR) is 48.0 cm³/mol. The highest BCUT2D eigenvalue weighted by Gasteiger charge is 2.30. The van der Waals surface area contributed by atoms with Crippen LogP contribution in [0.5, 0.6) is 0 Å². The first-order valence-electron chi connectivity index (χ1n) is 3.83. The minimum Gasteiger partial charge on any atom is -0.394 e.